The van der Waals surface area contributed by atoms with Gasteiger partial charge < -0.3 is 0 Å². The molecule has 0 bridgehead atoms. The van der Waals surface area contributed by atoms with Gasteiger partial charge in [-0.1, -0.05) is 109 Å². The fraction of sp³-hybridized carbons (Fsp3) is 0.0714. The van der Waals surface area contributed by atoms with Crippen LogP contribution in [0.3, 0.4) is 0 Å². The number of nitrogens with zero attached hydrogens (tertiary/aromatic N) is 2. The van der Waals surface area contributed by atoms with Crippen LogP contribution in [-0.4, -0.2) is 30.8 Å². The minimum atomic E-state index is -3.24. The molecule has 5 heteroatoms. The van der Waals surface area contributed by atoms with Crippen LogP contribution in [0.2, 0.25) is 0 Å². The number of urea groups is 1. The van der Waals surface area contributed by atoms with Gasteiger partial charge in [0.25, 0.3) is 8.24 Å². The summed E-state index contributed by atoms with van der Waals surface area (Å²) >= 11 is 0. The van der Waals surface area contributed by atoms with E-state index >= 15 is 0 Å². The van der Waals surface area contributed by atoms with Crippen LogP contribution >= 0.6 is 0 Å². The van der Waals surface area contributed by atoms with Gasteiger partial charge in [0.1, 0.15) is 6.04 Å². The van der Waals surface area contributed by atoms with E-state index in [9.17, 15) is 9.59 Å². The van der Waals surface area contributed by atoms with Crippen LogP contribution < -0.4 is 20.5 Å². The van der Waals surface area contributed by atoms with Crippen molar-refractivity contribution in [3.05, 3.63) is 121 Å². The zero-order valence-corrected chi connectivity index (χ0v) is 19.3. The fourth-order valence-corrected chi connectivity index (χ4v) is 9.53. The van der Waals surface area contributed by atoms with Crippen molar-refractivity contribution in [2.45, 2.75) is 13.0 Å². The third-order valence-electron chi connectivity index (χ3n) is 6.31. The number of amides is 3. The van der Waals surface area contributed by atoms with Crippen LogP contribution in [0.5, 0.6) is 0 Å². The first-order chi connectivity index (χ1) is 16.2. The van der Waals surface area contributed by atoms with E-state index in [4.69, 9.17) is 0 Å². The molecule has 4 aromatic carbocycles. The minimum absolute atomic E-state index is 0.174. The third-order valence-corrected chi connectivity index (χ3v) is 10.9. The van der Waals surface area contributed by atoms with E-state index in [0.717, 1.165) is 21.2 Å². The molecule has 0 aliphatic carbocycles. The highest BCUT2D eigenvalue weighted by Gasteiger charge is 2.57. The average Bonchev–Trinajstić information content (AvgIpc) is 3.11. The van der Waals surface area contributed by atoms with Gasteiger partial charge in [-0.25, -0.2) is 4.79 Å². The van der Waals surface area contributed by atoms with Gasteiger partial charge in [0.2, 0.25) is 5.91 Å². The molecule has 1 aliphatic heterocycles. The number of para-hydroxylation sites is 1. The van der Waals surface area contributed by atoms with E-state index in [1.807, 2.05) is 128 Å². The summed E-state index contributed by atoms with van der Waals surface area (Å²) < 4.78 is 1.59. The van der Waals surface area contributed by atoms with Gasteiger partial charge in [0.15, 0.2) is 0 Å². The summed E-state index contributed by atoms with van der Waals surface area (Å²) in [6, 6.07) is 38.6. The summed E-state index contributed by atoms with van der Waals surface area (Å²) in [5.74, 6) is -0.174. The molecule has 1 aliphatic rings. The van der Waals surface area contributed by atoms with Crippen molar-refractivity contribution in [1.82, 2.24) is 4.57 Å². The Balaban J connectivity index is 1.82. The molecule has 0 N–H and O–H groups in total. The molecule has 3 amide bonds. The SMILES string of the molecule is CC1C(=O)N([Si](c2ccccc2)(c2ccccc2)c2ccccc2)C(=O)N1c1ccccc1. The maximum absolute atomic E-state index is 14.2. The third kappa shape index (κ3) is 3.29. The molecule has 0 saturated carbocycles. The van der Waals surface area contributed by atoms with E-state index in [1.165, 1.54) is 0 Å². The molecular weight excluding hydrogens is 424 g/mol. The maximum atomic E-state index is 14.2. The Morgan fingerprint density at radius 1 is 0.576 bits per heavy atom. The van der Waals surface area contributed by atoms with Crippen molar-refractivity contribution in [3.8, 4) is 0 Å². The van der Waals surface area contributed by atoms with E-state index in [1.54, 1.807) is 9.47 Å². The number of carbonyl (C=O) groups excluding carboxylic acids is 2. The molecule has 0 aromatic heterocycles. The van der Waals surface area contributed by atoms with E-state index in [2.05, 4.69) is 0 Å². The first-order valence-corrected chi connectivity index (χ1v) is 13.0. The van der Waals surface area contributed by atoms with E-state index < -0.39 is 14.3 Å². The van der Waals surface area contributed by atoms with Crippen molar-refractivity contribution >= 4 is 41.4 Å². The van der Waals surface area contributed by atoms with Gasteiger partial charge in [-0.15, -0.1) is 0 Å². The Kier molecular flexibility index (Phi) is 5.40. The minimum Gasteiger partial charge on any atom is -0.282 e. The smallest absolute Gasteiger partial charge is 0.282 e. The molecule has 1 fully saturated rings. The molecule has 1 atom stereocenters. The largest absolute Gasteiger partial charge is 0.324 e. The first-order valence-electron chi connectivity index (χ1n) is 11.0. The highest BCUT2D eigenvalue weighted by atomic mass is 28.3. The molecule has 0 radical (unpaired) electrons. The Morgan fingerprint density at radius 3 is 1.33 bits per heavy atom. The summed E-state index contributed by atoms with van der Waals surface area (Å²) in [6.45, 7) is 1.81. The number of benzene rings is 4. The Bertz CT molecular complexity index is 1170. The molecule has 162 valence electrons. The molecular formula is C28H24N2O2Si. The molecule has 1 unspecified atom stereocenters. The first kappa shape index (κ1) is 20.9. The number of hydrogen-bond donors (Lipinski definition) is 0. The Labute approximate surface area is 194 Å². The summed E-state index contributed by atoms with van der Waals surface area (Å²) in [5, 5.41) is 2.98. The zero-order valence-electron chi connectivity index (χ0n) is 18.3. The number of hydrogen-bond acceptors (Lipinski definition) is 2. The molecule has 1 heterocycles. The average molecular weight is 449 g/mol. The number of anilines is 1. The standard InChI is InChI=1S/C28H24N2O2Si/c1-22-27(31)30(28(32)29(22)23-14-6-2-7-15-23)33(24-16-8-3-9-17-24,25-18-10-4-11-19-25)26-20-12-5-13-21-26/h2-22H,1H3. The van der Waals surface area contributed by atoms with Gasteiger partial charge in [0, 0.05) is 5.69 Å². The van der Waals surface area contributed by atoms with Crippen LogP contribution in [0.25, 0.3) is 0 Å². The second kappa shape index (κ2) is 8.52. The lowest BCUT2D eigenvalue weighted by molar-refractivity contribution is -0.123. The summed E-state index contributed by atoms with van der Waals surface area (Å²) in [4.78, 5) is 29.7. The molecule has 1 saturated heterocycles. The topological polar surface area (TPSA) is 40.6 Å². The van der Waals surface area contributed by atoms with Gasteiger partial charge in [-0.2, -0.15) is 0 Å². The lowest BCUT2D eigenvalue weighted by atomic mass is 10.2. The maximum Gasteiger partial charge on any atom is 0.324 e. The molecule has 33 heavy (non-hydrogen) atoms. The number of imide groups is 1. The van der Waals surface area contributed by atoms with Crippen LogP contribution in [-0.2, 0) is 4.79 Å². The van der Waals surface area contributed by atoms with Gasteiger partial charge in [0.05, 0.1) is 0 Å². The van der Waals surface area contributed by atoms with Gasteiger partial charge in [-0.3, -0.25) is 14.3 Å². The van der Waals surface area contributed by atoms with Crippen molar-refractivity contribution in [3.63, 3.8) is 0 Å². The summed E-state index contributed by atoms with van der Waals surface area (Å²) in [5.41, 5.74) is 0.725. The molecule has 5 rings (SSSR count). The van der Waals surface area contributed by atoms with Crippen molar-refractivity contribution < 1.29 is 9.59 Å². The second-order valence-electron chi connectivity index (χ2n) is 8.15. The lowest BCUT2D eigenvalue weighted by Crippen LogP contribution is -2.78. The molecule has 0 spiro atoms. The fourth-order valence-electron chi connectivity index (χ4n) is 4.82. The predicted molar refractivity (Wildman–Crippen MR) is 135 cm³/mol. The normalized spacial score (nSPS) is 16.3. The highest BCUT2D eigenvalue weighted by Crippen LogP contribution is 2.29. The summed E-state index contributed by atoms with van der Waals surface area (Å²) in [7, 11) is -3.24. The predicted octanol–water partition coefficient (Wildman–Crippen LogP) is 3.51. The van der Waals surface area contributed by atoms with Gasteiger partial charge >= 0.3 is 6.03 Å². The lowest BCUT2D eigenvalue weighted by Gasteiger charge is -2.39. The van der Waals surface area contributed by atoms with Crippen LogP contribution in [0.1, 0.15) is 6.92 Å². The monoisotopic (exact) mass is 448 g/mol. The van der Waals surface area contributed by atoms with Gasteiger partial charge in [-0.05, 0) is 34.6 Å². The molecule has 4 nitrogen and oxygen atoms in total. The number of rotatable bonds is 5. The highest BCUT2D eigenvalue weighted by molar-refractivity contribution is 7.12. The Morgan fingerprint density at radius 2 is 0.939 bits per heavy atom. The second-order valence-corrected chi connectivity index (χ2v) is 11.7. The van der Waals surface area contributed by atoms with E-state index in [-0.39, 0.29) is 11.9 Å². The Hall–Kier alpha value is -3.96. The quantitative estimate of drug-likeness (QED) is 0.266. The van der Waals surface area contributed by atoms with Crippen molar-refractivity contribution in [2.75, 3.05) is 4.90 Å². The zero-order chi connectivity index (χ0) is 22.8. The van der Waals surface area contributed by atoms with Crippen LogP contribution in [0.4, 0.5) is 10.5 Å². The number of carbonyl (C=O) groups is 2. The van der Waals surface area contributed by atoms with E-state index in [0.29, 0.717) is 0 Å². The summed E-state index contributed by atoms with van der Waals surface area (Å²) in [6.07, 6.45) is 0. The van der Waals surface area contributed by atoms with Crippen LogP contribution in [0, 0.1) is 0 Å². The molecule has 4 aromatic rings. The van der Waals surface area contributed by atoms with Crippen LogP contribution in [0.15, 0.2) is 121 Å². The van der Waals surface area contributed by atoms with Crippen molar-refractivity contribution in [2.24, 2.45) is 0 Å². The van der Waals surface area contributed by atoms with Crippen molar-refractivity contribution in [1.29, 1.82) is 0 Å².